The smallest absolute Gasteiger partial charge is 0.183 e. The van der Waals surface area contributed by atoms with E-state index in [4.69, 9.17) is 10.2 Å². The normalized spacial score (nSPS) is 21.9. The maximum atomic E-state index is 5.63. The zero-order valence-electron chi connectivity index (χ0n) is 9.79. The predicted molar refractivity (Wildman–Crippen MR) is 75.8 cm³/mol. The van der Waals surface area contributed by atoms with Crippen molar-refractivity contribution in [2.45, 2.75) is 25.8 Å². The Morgan fingerprint density at radius 2 is 2.29 bits per heavy atom. The maximum absolute atomic E-state index is 5.63. The molecule has 5 heteroatoms. The molecule has 1 aromatic rings. The summed E-state index contributed by atoms with van der Waals surface area (Å²) < 4.78 is 7.39. The third-order valence-electron chi connectivity index (χ3n) is 3.25. The lowest BCUT2D eigenvalue weighted by atomic mass is 9.95. The van der Waals surface area contributed by atoms with Gasteiger partial charge in [-0.1, -0.05) is 0 Å². The second-order valence-corrected chi connectivity index (χ2v) is 6.23. The van der Waals surface area contributed by atoms with Crippen LogP contribution in [0.3, 0.4) is 0 Å². The highest BCUT2D eigenvalue weighted by molar-refractivity contribution is 9.13. The maximum Gasteiger partial charge on any atom is 0.183 e. The van der Waals surface area contributed by atoms with Gasteiger partial charge in [-0.3, -0.25) is 4.90 Å². The average Bonchev–Trinajstić information content (AvgIpc) is 2.59. The van der Waals surface area contributed by atoms with Crippen molar-refractivity contribution in [2.75, 3.05) is 19.6 Å². The monoisotopic (exact) mass is 364 g/mol. The van der Waals surface area contributed by atoms with Crippen LogP contribution in [0.1, 0.15) is 25.0 Å². The van der Waals surface area contributed by atoms with Crippen molar-refractivity contribution in [1.29, 1.82) is 0 Å². The Labute approximate surface area is 119 Å². The molecular formula is C12H18Br2N2O. The molecule has 1 aliphatic heterocycles. The fourth-order valence-corrected chi connectivity index (χ4v) is 3.11. The summed E-state index contributed by atoms with van der Waals surface area (Å²) in [5.74, 6) is 1.77. The lowest BCUT2D eigenvalue weighted by molar-refractivity contribution is 0.152. The quantitative estimate of drug-likeness (QED) is 0.889. The number of halogens is 2. The van der Waals surface area contributed by atoms with Gasteiger partial charge in [0.25, 0.3) is 0 Å². The molecule has 17 heavy (non-hydrogen) atoms. The van der Waals surface area contributed by atoms with Gasteiger partial charge in [0, 0.05) is 6.54 Å². The number of nitrogens with zero attached hydrogens (tertiary/aromatic N) is 1. The van der Waals surface area contributed by atoms with Crippen LogP contribution in [0.25, 0.3) is 0 Å². The van der Waals surface area contributed by atoms with Gasteiger partial charge in [-0.15, -0.1) is 0 Å². The zero-order valence-corrected chi connectivity index (χ0v) is 13.0. The SMILES string of the molecule is NCCC1CCCN(Cc2cc(Br)c(Br)o2)C1. The van der Waals surface area contributed by atoms with Gasteiger partial charge in [-0.2, -0.15) is 0 Å². The minimum Gasteiger partial charge on any atom is -0.452 e. The van der Waals surface area contributed by atoms with E-state index in [-0.39, 0.29) is 0 Å². The fourth-order valence-electron chi connectivity index (χ4n) is 2.46. The molecule has 2 rings (SSSR count). The van der Waals surface area contributed by atoms with Gasteiger partial charge in [0.2, 0.25) is 0 Å². The Morgan fingerprint density at radius 1 is 1.47 bits per heavy atom. The molecule has 0 saturated carbocycles. The highest BCUT2D eigenvalue weighted by Gasteiger charge is 2.20. The molecule has 0 bridgehead atoms. The molecule has 1 aromatic heterocycles. The number of hydrogen-bond donors (Lipinski definition) is 1. The first-order valence-corrected chi connectivity index (χ1v) is 7.63. The van der Waals surface area contributed by atoms with Crippen molar-refractivity contribution < 1.29 is 4.42 Å². The molecule has 2 N–H and O–H groups in total. The molecule has 3 nitrogen and oxygen atoms in total. The van der Waals surface area contributed by atoms with E-state index in [1.807, 2.05) is 6.07 Å². The third-order valence-corrected chi connectivity index (χ3v) is 4.96. The van der Waals surface area contributed by atoms with Crippen molar-refractivity contribution >= 4 is 31.9 Å². The van der Waals surface area contributed by atoms with Crippen LogP contribution in [0.2, 0.25) is 0 Å². The van der Waals surface area contributed by atoms with E-state index in [1.165, 1.54) is 12.8 Å². The van der Waals surface area contributed by atoms with Gasteiger partial charge in [-0.25, -0.2) is 0 Å². The molecule has 1 unspecified atom stereocenters. The topological polar surface area (TPSA) is 42.4 Å². The highest BCUT2D eigenvalue weighted by atomic mass is 79.9. The summed E-state index contributed by atoms with van der Waals surface area (Å²) in [6.45, 7) is 4.01. The van der Waals surface area contributed by atoms with E-state index in [0.29, 0.717) is 0 Å². The standard InChI is InChI=1S/C12H18Br2N2O/c13-11-6-10(17-12(11)14)8-16-5-1-2-9(7-16)3-4-15/h6,9H,1-5,7-8,15H2. The minimum absolute atomic E-state index is 0.760. The lowest BCUT2D eigenvalue weighted by Gasteiger charge is -2.31. The molecule has 0 aromatic carbocycles. The second-order valence-electron chi connectivity index (χ2n) is 4.66. The molecule has 1 atom stereocenters. The minimum atomic E-state index is 0.760. The predicted octanol–water partition coefficient (Wildman–Crippen LogP) is 3.37. The van der Waals surface area contributed by atoms with Crippen molar-refractivity contribution in [3.8, 4) is 0 Å². The summed E-state index contributed by atoms with van der Waals surface area (Å²) in [4.78, 5) is 2.46. The number of piperidine rings is 1. The largest absolute Gasteiger partial charge is 0.452 e. The van der Waals surface area contributed by atoms with Crippen LogP contribution in [0.15, 0.2) is 19.6 Å². The molecule has 1 aliphatic rings. The average molecular weight is 366 g/mol. The Morgan fingerprint density at radius 3 is 2.94 bits per heavy atom. The van der Waals surface area contributed by atoms with E-state index in [2.05, 4.69) is 36.8 Å². The van der Waals surface area contributed by atoms with Crippen LogP contribution in [-0.2, 0) is 6.54 Å². The molecule has 96 valence electrons. The first-order valence-electron chi connectivity index (χ1n) is 6.05. The summed E-state index contributed by atoms with van der Waals surface area (Å²) in [5, 5.41) is 0. The molecule has 1 saturated heterocycles. The van der Waals surface area contributed by atoms with Crippen molar-refractivity contribution in [1.82, 2.24) is 4.90 Å². The van der Waals surface area contributed by atoms with E-state index in [9.17, 15) is 0 Å². The number of rotatable bonds is 4. The van der Waals surface area contributed by atoms with Crippen molar-refractivity contribution in [3.63, 3.8) is 0 Å². The summed E-state index contributed by atoms with van der Waals surface area (Å²) >= 11 is 6.81. The summed E-state index contributed by atoms with van der Waals surface area (Å²) in [7, 11) is 0. The molecule has 0 aliphatic carbocycles. The first-order chi connectivity index (χ1) is 8.19. The van der Waals surface area contributed by atoms with Crippen LogP contribution < -0.4 is 5.73 Å². The van der Waals surface area contributed by atoms with Crippen LogP contribution in [0, 0.1) is 5.92 Å². The molecule has 1 fully saturated rings. The molecule has 0 radical (unpaired) electrons. The Hall–Kier alpha value is 0.160. The number of likely N-dealkylation sites (tertiary alicyclic amines) is 1. The van der Waals surface area contributed by atoms with E-state index < -0.39 is 0 Å². The van der Waals surface area contributed by atoms with Gasteiger partial charge < -0.3 is 10.2 Å². The molecule has 0 amide bonds. The first kappa shape index (κ1) is 13.6. The fraction of sp³-hybridized carbons (Fsp3) is 0.667. The Kier molecular flexibility index (Phi) is 5.09. The molecule has 2 heterocycles. The second kappa shape index (κ2) is 6.36. The van der Waals surface area contributed by atoms with Gasteiger partial charge in [-0.05, 0) is 76.2 Å². The lowest BCUT2D eigenvalue weighted by Crippen LogP contribution is -2.35. The summed E-state index contributed by atoms with van der Waals surface area (Å²) in [6.07, 6.45) is 3.73. The van der Waals surface area contributed by atoms with Crippen LogP contribution in [0.5, 0.6) is 0 Å². The van der Waals surface area contributed by atoms with Gasteiger partial charge in [0.1, 0.15) is 5.76 Å². The van der Waals surface area contributed by atoms with Crippen LogP contribution in [-0.4, -0.2) is 24.5 Å². The van der Waals surface area contributed by atoms with Crippen molar-refractivity contribution in [2.24, 2.45) is 11.7 Å². The Balaban J connectivity index is 1.90. The van der Waals surface area contributed by atoms with Crippen molar-refractivity contribution in [3.05, 3.63) is 21.0 Å². The van der Waals surface area contributed by atoms with Crippen LogP contribution >= 0.6 is 31.9 Å². The van der Waals surface area contributed by atoms with Gasteiger partial charge >= 0.3 is 0 Å². The highest BCUT2D eigenvalue weighted by Crippen LogP contribution is 2.28. The Bertz CT molecular complexity index is 346. The van der Waals surface area contributed by atoms with Gasteiger partial charge in [0.15, 0.2) is 4.67 Å². The molecule has 0 spiro atoms. The number of nitrogens with two attached hydrogens (primary N) is 1. The van der Waals surface area contributed by atoms with E-state index in [0.717, 1.165) is 53.4 Å². The number of hydrogen-bond acceptors (Lipinski definition) is 3. The summed E-state index contributed by atoms with van der Waals surface area (Å²) in [5.41, 5.74) is 5.63. The number of furan rings is 1. The van der Waals surface area contributed by atoms with E-state index >= 15 is 0 Å². The zero-order chi connectivity index (χ0) is 12.3. The third kappa shape index (κ3) is 3.81. The molecular weight excluding hydrogens is 348 g/mol. The van der Waals surface area contributed by atoms with E-state index in [1.54, 1.807) is 0 Å². The van der Waals surface area contributed by atoms with Gasteiger partial charge in [0.05, 0.1) is 11.0 Å². The van der Waals surface area contributed by atoms with Crippen LogP contribution in [0.4, 0.5) is 0 Å². The summed E-state index contributed by atoms with van der Waals surface area (Å²) in [6, 6.07) is 2.04.